The second-order valence-electron chi connectivity index (χ2n) is 5.55. The topological polar surface area (TPSA) is 129 Å². The van der Waals surface area contributed by atoms with Crippen LogP contribution in [0.15, 0.2) is 34.6 Å². The minimum Gasteiger partial charge on any atom is -0.495 e. The van der Waals surface area contributed by atoms with E-state index in [1.54, 1.807) is 31.2 Å². The van der Waals surface area contributed by atoms with Crippen molar-refractivity contribution in [2.75, 3.05) is 18.6 Å². The van der Waals surface area contributed by atoms with Gasteiger partial charge in [-0.05, 0) is 30.4 Å². The number of nitriles is 3. The Balaban J connectivity index is 3.09. The van der Waals surface area contributed by atoms with Gasteiger partial charge in [0.2, 0.25) is 0 Å². The number of rotatable bonds is 5. The Hall–Kier alpha value is -3.67. The summed E-state index contributed by atoms with van der Waals surface area (Å²) >= 11 is 1.19. The zero-order valence-corrected chi connectivity index (χ0v) is 16.4. The van der Waals surface area contributed by atoms with E-state index >= 15 is 0 Å². The van der Waals surface area contributed by atoms with E-state index in [1.165, 1.54) is 23.4 Å². The Labute approximate surface area is 166 Å². The number of methoxy groups -OCH3 is 1. The van der Waals surface area contributed by atoms with Crippen molar-refractivity contribution in [3.05, 3.63) is 56.9 Å². The van der Waals surface area contributed by atoms with Crippen LogP contribution in [0.2, 0.25) is 0 Å². The van der Waals surface area contributed by atoms with Crippen LogP contribution in [0.1, 0.15) is 23.6 Å². The van der Waals surface area contributed by atoms with Crippen LogP contribution < -0.4 is 16.0 Å². The van der Waals surface area contributed by atoms with Crippen LogP contribution >= 0.6 is 11.8 Å². The molecule has 1 aromatic heterocycles. The van der Waals surface area contributed by atoms with Crippen molar-refractivity contribution in [3.8, 4) is 29.6 Å². The van der Waals surface area contributed by atoms with E-state index < -0.39 is 5.56 Å². The SMILES string of the molecule is CCSC(=C(C#N)C#N)c1c(C)c(C#N)c(N)n(-c2ccccc2OC)c1=O. The Kier molecular flexibility index (Phi) is 6.50. The van der Waals surface area contributed by atoms with Crippen LogP contribution in [-0.2, 0) is 0 Å². The lowest BCUT2D eigenvalue weighted by atomic mass is 10.0. The van der Waals surface area contributed by atoms with Crippen molar-refractivity contribution in [2.24, 2.45) is 0 Å². The zero-order valence-electron chi connectivity index (χ0n) is 15.6. The summed E-state index contributed by atoms with van der Waals surface area (Å²) in [6, 6.07) is 12.5. The lowest BCUT2D eigenvalue weighted by Crippen LogP contribution is -2.27. The molecule has 0 amide bonds. The van der Waals surface area contributed by atoms with Crippen molar-refractivity contribution in [1.82, 2.24) is 4.57 Å². The molecule has 0 aliphatic carbocycles. The van der Waals surface area contributed by atoms with E-state index in [0.29, 0.717) is 22.8 Å². The predicted octanol–water partition coefficient (Wildman–Crippen LogP) is 3.12. The number of pyridine rings is 1. The molecular weight excluding hydrogens is 374 g/mol. The smallest absolute Gasteiger partial charge is 0.265 e. The molecule has 0 fully saturated rings. The summed E-state index contributed by atoms with van der Waals surface area (Å²) in [6.45, 7) is 3.43. The highest BCUT2D eigenvalue weighted by Crippen LogP contribution is 2.34. The van der Waals surface area contributed by atoms with Gasteiger partial charge in [0.25, 0.3) is 5.56 Å². The first-order valence-electron chi connectivity index (χ1n) is 8.22. The fourth-order valence-corrected chi connectivity index (χ4v) is 3.72. The van der Waals surface area contributed by atoms with E-state index in [9.17, 15) is 20.6 Å². The van der Waals surface area contributed by atoms with E-state index in [4.69, 9.17) is 10.5 Å². The summed E-state index contributed by atoms with van der Waals surface area (Å²) in [5.74, 6) is 0.890. The third-order valence-electron chi connectivity index (χ3n) is 4.07. The summed E-state index contributed by atoms with van der Waals surface area (Å²) < 4.78 is 6.51. The molecule has 0 radical (unpaired) electrons. The molecule has 0 spiro atoms. The largest absolute Gasteiger partial charge is 0.495 e. The number of thioether (sulfide) groups is 1. The third-order valence-corrected chi connectivity index (χ3v) is 5.05. The second-order valence-corrected chi connectivity index (χ2v) is 6.82. The van der Waals surface area contributed by atoms with Crippen LogP contribution in [-0.4, -0.2) is 17.4 Å². The van der Waals surface area contributed by atoms with Crippen molar-refractivity contribution >= 4 is 22.5 Å². The maximum absolute atomic E-state index is 13.5. The van der Waals surface area contributed by atoms with Gasteiger partial charge >= 0.3 is 0 Å². The van der Waals surface area contributed by atoms with E-state index in [-0.39, 0.29) is 27.4 Å². The molecule has 0 unspecified atom stereocenters. The number of ether oxygens (including phenoxy) is 1. The number of anilines is 1. The maximum Gasteiger partial charge on any atom is 0.265 e. The summed E-state index contributed by atoms with van der Waals surface area (Å²) in [4.78, 5) is 13.7. The number of benzene rings is 1. The second kappa shape index (κ2) is 8.81. The monoisotopic (exact) mass is 391 g/mol. The zero-order chi connectivity index (χ0) is 20.8. The standard InChI is InChI=1S/C20H17N5O2S/c1-4-28-18(13(9-21)10-22)17-12(2)14(11-23)19(24)25(20(17)26)15-7-5-6-8-16(15)27-3/h5-8H,4,24H2,1-3H3. The molecule has 0 atom stereocenters. The molecule has 1 heterocycles. The number of aromatic nitrogens is 1. The summed E-state index contributed by atoms with van der Waals surface area (Å²) in [6.07, 6.45) is 0. The number of nitrogen functional groups attached to an aromatic ring is 1. The van der Waals surface area contributed by atoms with Crippen LogP contribution in [0.3, 0.4) is 0 Å². The lowest BCUT2D eigenvalue weighted by Gasteiger charge is -2.19. The molecule has 140 valence electrons. The average Bonchev–Trinajstić information content (AvgIpc) is 2.69. The molecule has 0 aliphatic heterocycles. The number of nitrogens with two attached hydrogens (primary N) is 1. The van der Waals surface area contributed by atoms with Gasteiger partial charge in [0.15, 0.2) is 0 Å². The highest BCUT2D eigenvalue weighted by atomic mass is 32.2. The van der Waals surface area contributed by atoms with Crippen LogP contribution in [0.4, 0.5) is 5.82 Å². The molecule has 0 aliphatic rings. The minimum atomic E-state index is -0.530. The molecule has 0 bridgehead atoms. The van der Waals surface area contributed by atoms with Gasteiger partial charge in [-0.25, -0.2) is 0 Å². The van der Waals surface area contributed by atoms with Gasteiger partial charge in [0, 0.05) is 4.91 Å². The molecule has 8 heteroatoms. The lowest BCUT2D eigenvalue weighted by molar-refractivity contribution is 0.412. The normalized spacial score (nSPS) is 9.71. The number of nitrogens with zero attached hydrogens (tertiary/aromatic N) is 4. The first kappa shape index (κ1) is 20.6. The van der Waals surface area contributed by atoms with Crippen LogP contribution in [0, 0.1) is 40.9 Å². The number of para-hydroxylation sites is 2. The van der Waals surface area contributed by atoms with Crippen molar-refractivity contribution in [1.29, 1.82) is 15.8 Å². The first-order chi connectivity index (χ1) is 13.5. The molecular formula is C20H17N5O2S. The highest BCUT2D eigenvalue weighted by Gasteiger charge is 2.24. The van der Waals surface area contributed by atoms with Gasteiger partial charge in [-0.15, -0.1) is 11.8 Å². The molecule has 2 N–H and O–H groups in total. The van der Waals surface area contributed by atoms with E-state index in [2.05, 4.69) is 0 Å². The Morgan fingerprint density at radius 2 is 1.89 bits per heavy atom. The van der Waals surface area contributed by atoms with Gasteiger partial charge in [0.1, 0.15) is 35.3 Å². The first-order valence-corrected chi connectivity index (χ1v) is 9.21. The predicted molar refractivity (Wildman–Crippen MR) is 109 cm³/mol. The highest BCUT2D eigenvalue weighted by molar-refractivity contribution is 8.08. The fraction of sp³-hybridized carbons (Fsp3) is 0.200. The summed E-state index contributed by atoms with van der Waals surface area (Å²) in [5.41, 5.74) is 6.36. The van der Waals surface area contributed by atoms with Gasteiger partial charge in [0.05, 0.1) is 23.9 Å². The van der Waals surface area contributed by atoms with Crippen molar-refractivity contribution < 1.29 is 4.74 Å². The van der Waals surface area contributed by atoms with E-state index in [1.807, 2.05) is 25.1 Å². The molecule has 0 saturated carbocycles. The van der Waals surface area contributed by atoms with Gasteiger partial charge in [-0.2, -0.15) is 15.8 Å². The van der Waals surface area contributed by atoms with Crippen LogP contribution in [0.5, 0.6) is 5.75 Å². The number of hydrogen-bond acceptors (Lipinski definition) is 7. The minimum absolute atomic E-state index is 0.0328. The number of hydrogen-bond donors (Lipinski definition) is 1. The summed E-state index contributed by atoms with van der Waals surface area (Å²) in [5, 5.41) is 28.4. The van der Waals surface area contributed by atoms with Gasteiger partial charge < -0.3 is 10.5 Å². The Morgan fingerprint density at radius 3 is 2.43 bits per heavy atom. The third kappa shape index (κ3) is 3.44. The maximum atomic E-state index is 13.5. The molecule has 28 heavy (non-hydrogen) atoms. The van der Waals surface area contributed by atoms with Gasteiger partial charge in [-0.3, -0.25) is 9.36 Å². The van der Waals surface area contributed by atoms with Gasteiger partial charge in [-0.1, -0.05) is 19.1 Å². The molecule has 0 saturated heterocycles. The molecule has 1 aromatic carbocycles. The van der Waals surface area contributed by atoms with E-state index in [0.717, 1.165) is 0 Å². The van der Waals surface area contributed by atoms with Crippen LogP contribution in [0.25, 0.3) is 10.6 Å². The molecule has 7 nitrogen and oxygen atoms in total. The summed E-state index contributed by atoms with van der Waals surface area (Å²) in [7, 11) is 1.46. The Bertz CT molecular complexity index is 1130. The fourth-order valence-electron chi connectivity index (χ4n) is 2.81. The number of allylic oxidation sites excluding steroid dienone is 1. The molecule has 2 aromatic rings. The van der Waals surface area contributed by atoms with Crippen molar-refractivity contribution in [3.63, 3.8) is 0 Å². The quantitative estimate of drug-likeness (QED) is 0.775. The molecule has 2 rings (SSSR count). The Morgan fingerprint density at radius 1 is 1.25 bits per heavy atom. The average molecular weight is 391 g/mol. The van der Waals surface area contributed by atoms with Crippen molar-refractivity contribution in [2.45, 2.75) is 13.8 Å².